The van der Waals surface area contributed by atoms with Gasteiger partial charge in [0.15, 0.2) is 0 Å². The molecule has 150 valence electrons. The van der Waals surface area contributed by atoms with Crippen LogP contribution in [0.25, 0.3) is 0 Å². The molecule has 0 aromatic heterocycles. The lowest BCUT2D eigenvalue weighted by Crippen LogP contribution is -2.37. The third-order valence-electron chi connectivity index (χ3n) is 5.53. The van der Waals surface area contributed by atoms with Crippen LogP contribution >= 0.6 is 0 Å². The van der Waals surface area contributed by atoms with Crippen LogP contribution in [-0.4, -0.2) is 32.7 Å². The number of ether oxygens (including phenoxy) is 3. The van der Waals surface area contributed by atoms with Gasteiger partial charge >= 0.3 is 5.97 Å². The molecule has 6 nitrogen and oxygen atoms in total. The van der Waals surface area contributed by atoms with Gasteiger partial charge in [-0.3, -0.25) is 9.69 Å². The van der Waals surface area contributed by atoms with Gasteiger partial charge in [0.25, 0.3) is 0 Å². The number of methoxy groups -OCH3 is 2. The number of amides is 1. The minimum absolute atomic E-state index is 0.0816. The Bertz CT molecular complexity index is 993. The summed E-state index contributed by atoms with van der Waals surface area (Å²) in [5.74, 6) is 0.331. The second-order valence-corrected chi connectivity index (χ2v) is 7.05. The highest BCUT2D eigenvalue weighted by Crippen LogP contribution is 2.45. The molecule has 1 amide bonds. The summed E-state index contributed by atoms with van der Waals surface area (Å²) in [6.45, 7) is 2.16. The van der Waals surface area contributed by atoms with Gasteiger partial charge in [-0.1, -0.05) is 19.1 Å². The van der Waals surface area contributed by atoms with Crippen LogP contribution in [0.15, 0.2) is 53.7 Å². The summed E-state index contributed by atoms with van der Waals surface area (Å²) >= 11 is 0. The summed E-state index contributed by atoms with van der Waals surface area (Å²) in [7, 11) is 3.15. The maximum absolute atomic E-state index is 13.2. The molecular formula is C23H23NO5. The van der Waals surface area contributed by atoms with Crippen molar-refractivity contribution < 1.29 is 23.8 Å². The van der Waals surface area contributed by atoms with E-state index in [-0.39, 0.29) is 18.9 Å². The van der Waals surface area contributed by atoms with Crippen molar-refractivity contribution in [3.63, 3.8) is 0 Å². The number of anilines is 1. The van der Waals surface area contributed by atoms with Crippen molar-refractivity contribution in [1.29, 1.82) is 0 Å². The lowest BCUT2D eigenvalue weighted by Gasteiger charge is -2.32. The van der Waals surface area contributed by atoms with Gasteiger partial charge in [0, 0.05) is 23.6 Å². The first kappa shape index (κ1) is 19.1. The van der Waals surface area contributed by atoms with Gasteiger partial charge in [-0.15, -0.1) is 0 Å². The van der Waals surface area contributed by atoms with Gasteiger partial charge < -0.3 is 14.2 Å². The van der Waals surface area contributed by atoms with Crippen LogP contribution in [-0.2, 0) is 20.7 Å². The Hall–Kier alpha value is -3.28. The number of hydrogen-bond acceptors (Lipinski definition) is 5. The highest BCUT2D eigenvalue weighted by Gasteiger charge is 2.43. The zero-order valence-corrected chi connectivity index (χ0v) is 16.7. The van der Waals surface area contributed by atoms with Gasteiger partial charge in [-0.05, 0) is 42.3 Å². The Morgan fingerprint density at radius 1 is 1.07 bits per heavy atom. The van der Waals surface area contributed by atoms with E-state index in [4.69, 9.17) is 14.2 Å². The topological polar surface area (TPSA) is 65.1 Å². The van der Waals surface area contributed by atoms with Gasteiger partial charge in [0.05, 0.1) is 25.5 Å². The first-order chi connectivity index (χ1) is 14.1. The fraction of sp³-hybridized carbons (Fsp3) is 0.304. The number of benzene rings is 2. The molecule has 4 rings (SSSR count). The number of esters is 1. The molecule has 2 aliphatic heterocycles. The SMILES string of the molecule is CCc1ccc(N2C(=O)C[C@@H](c3cc(OC)ccc3OC)C3=C2COC3=O)cc1. The van der Waals surface area contributed by atoms with Crippen molar-refractivity contribution >= 4 is 17.6 Å². The summed E-state index contributed by atoms with van der Waals surface area (Å²) in [5, 5.41) is 0. The van der Waals surface area contributed by atoms with E-state index in [0.717, 1.165) is 17.7 Å². The van der Waals surface area contributed by atoms with Crippen LogP contribution in [0.4, 0.5) is 5.69 Å². The van der Waals surface area contributed by atoms with E-state index in [9.17, 15) is 9.59 Å². The molecule has 29 heavy (non-hydrogen) atoms. The predicted octanol–water partition coefficient (Wildman–Crippen LogP) is 3.60. The molecule has 2 aromatic carbocycles. The molecule has 2 aliphatic rings. The van der Waals surface area contributed by atoms with Crippen LogP contribution in [0.3, 0.4) is 0 Å². The van der Waals surface area contributed by atoms with E-state index in [2.05, 4.69) is 6.92 Å². The molecule has 2 heterocycles. The van der Waals surface area contributed by atoms with Gasteiger partial charge in [-0.25, -0.2) is 4.79 Å². The number of carbonyl (C=O) groups excluding carboxylic acids is 2. The normalized spacial score (nSPS) is 18.6. The maximum atomic E-state index is 13.2. The fourth-order valence-electron chi connectivity index (χ4n) is 4.01. The van der Waals surface area contributed by atoms with Gasteiger partial charge in [0.2, 0.25) is 5.91 Å². The molecular weight excluding hydrogens is 370 g/mol. The number of cyclic esters (lactones) is 1. The standard InChI is InChI=1S/C23H23NO5/c1-4-14-5-7-15(8-6-14)24-19-13-29-23(26)22(19)18(12-21(24)25)17-11-16(27-2)9-10-20(17)28-3/h5-11,18H,4,12-13H2,1-3H3/t18-/m0/s1. The molecule has 0 fully saturated rings. The van der Waals surface area contributed by atoms with Gasteiger partial charge in [0.1, 0.15) is 18.1 Å². The summed E-state index contributed by atoms with van der Waals surface area (Å²) in [6, 6.07) is 13.2. The third-order valence-corrected chi connectivity index (χ3v) is 5.53. The number of rotatable bonds is 5. The monoisotopic (exact) mass is 393 g/mol. The van der Waals surface area contributed by atoms with E-state index in [1.54, 1.807) is 31.3 Å². The molecule has 2 aromatic rings. The van der Waals surface area contributed by atoms with E-state index < -0.39 is 11.9 Å². The van der Waals surface area contributed by atoms with Gasteiger partial charge in [-0.2, -0.15) is 0 Å². The highest BCUT2D eigenvalue weighted by molar-refractivity contribution is 6.06. The molecule has 0 aliphatic carbocycles. The average molecular weight is 393 g/mol. The zero-order chi connectivity index (χ0) is 20.5. The Labute approximate surface area is 169 Å². The van der Waals surface area contributed by atoms with E-state index in [1.165, 1.54) is 5.56 Å². The highest BCUT2D eigenvalue weighted by atomic mass is 16.5. The number of hydrogen-bond donors (Lipinski definition) is 0. The second-order valence-electron chi connectivity index (χ2n) is 7.05. The average Bonchev–Trinajstić information content (AvgIpc) is 3.14. The molecule has 0 saturated carbocycles. The van der Waals surface area contributed by atoms with Crippen molar-refractivity contribution in [2.45, 2.75) is 25.7 Å². The second kappa shape index (κ2) is 7.62. The Kier molecular flexibility index (Phi) is 5.01. The lowest BCUT2D eigenvalue weighted by atomic mass is 9.83. The quantitative estimate of drug-likeness (QED) is 0.727. The predicted molar refractivity (Wildman–Crippen MR) is 108 cm³/mol. The summed E-state index contributed by atoms with van der Waals surface area (Å²) < 4.78 is 16.2. The maximum Gasteiger partial charge on any atom is 0.336 e. The Morgan fingerprint density at radius 3 is 2.48 bits per heavy atom. The number of nitrogens with zero attached hydrogens (tertiary/aromatic N) is 1. The Balaban J connectivity index is 1.82. The molecule has 0 spiro atoms. The first-order valence-electron chi connectivity index (χ1n) is 9.61. The molecule has 0 unspecified atom stereocenters. The smallest absolute Gasteiger partial charge is 0.336 e. The first-order valence-corrected chi connectivity index (χ1v) is 9.61. The minimum atomic E-state index is -0.441. The Morgan fingerprint density at radius 2 is 1.83 bits per heavy atom. The largest absolute Gasteiger partial charge is 0.497 e. The van der Waals surface area contributed by atoms with E-state index >= 15 is 0 Å². The molecule has 6 heteroatoms. The van der Waals surface area contributed by atoms with Crippen molar-refractivity contribution in [1.82, 2.24) is 0 Å². The van der Waals surface area contributed by atoms with Crippen molar-refractivity contribution in [3.05, 3.63) is 64.9 Å². The zero-order valence-electron chi connectivity index (χ0n) is 16.7. The fourth-order valence-corrected chi connectivity index (χ4v) is 4.01. The third kappa shape index (κ3) is 3.24. The van der Waals surface area contributed by atoms with Crippen LogP contribution in [0.1, 0.15) is 30.4 Å². The van der Waals surface area contributed by atoms with Crippen LogP contribution in [0.5, 0.6) is 11.5 Å². The van der Waals surface area contributed by atoms with E-state index in [0.29, 0.717) is 22.8 Å². The summed E-state index contributed by atoms with van der Waals surface area (Å²) in [5.41, 5.74) is 3.79. The number of carbonyl (C=O) groups is 2. The van der Waals surface area contributed by atoms with Crippen LogP contribution in [0.2, 0.25) is 0 Å². The molecule has 0 saturated heterocycles. The molecule has 0 bridgehead atoms. The molecule has 1 atom stereocenters. The lowest BCUT2D eigenvalue weighted by molar-refractivity contribution is -0.136. The van der Waals surface area contributed by atoms with Crippen molar-refractivity contribution in [2.75, 3.05) is 25.7 Å². The molecule has 0 radical (unpaired) electrons. The summed E-state index contributed by atoms with van der Waals surface area (Å²) in [4.78, 5) is 27.4. The number of aryl methyl sites for hydroxylation is 1. The van der Waals surface area contributed by atoms with E-state index in [1.807, 2.05) is 30.3 Å². The minimum Gasteiger partial charge on any atom is -0.497 e. The molecule has 0 N–H and O–H groups in total. The van der Waals surface area contributed by atoms with Crippen LogP contribution in [0, 0.1) is 0 Å². The summed E-state index contributed by atoms with van der Waals surface area (Å²) in [6.07, 6.45) is 1.06. The van der Waals surface area contributed by atoms with Crippen molar-refractivity contribution in [2.24, 2.45) is 0 Å². The van der Waals surface area contributed by atoms with Crippen molar-refractivity contribution in [3.8, 4) is 11.5 Å². The van der Waals surface area contributed by atoms with Crippen LogP contribution < -0.4 is 14.4 Å².